The molecule has 16 heavy (non-hydrogen) atoms. The highest BCUT2D eigenvalue weighted by Crippen LogP contribution is 2.20. The summed E-state index contributed by atoms with van der Waals surface area (Å²) in [5, 5.41) is 12.8. The number of anilines is 1. The molecule has 4 heteroatoms. The first-order valence-electron chi connectivity index (χ1n) is 5.25. The van der Waals surface area contributed by atoms with E-state index in [1.165, 1.54) is 0 Å². The lowest BCUT2D eigenvalue weighted by atomic mass is 10.2. The number of aromatic hydroxyl groups is 1. The van der Waals surface area contributed by atoms with Gasteiger partial charge < -0.3 is 15.0 Å². The molecule has 0 saturated heterocycles. The fourth-order valence-corrected chi connectivity index (χ4v) is 1.47. The van der Waals surface area contributed by atoms with E-state index >= 15 is 0 Å². The van der Waals surface area contributed by atoms with Crippen molar-refractivity contribution in [2.45, 2.75) is 13.5 Å². The van der Waals surface area contributed by atoms with Crippen molar-refractivity contribution in [1.29, 1.82) is 0 Å². The first kappa shape index (κ1) is 10.5. The van der Waals surface area contributed by atoms with Gasteiger partial charge in [0.25, 0.3) is 0 Å². The van der Waals surface area contributed by atoms with Crippen molar-refractivity contribution in [1.82, 2.24) is 9.55 Å². The number of hydrogen-bond acceptors (Lipinski definition) is 3. The van der Waals surface area contributed by atoms with Gasteiger partial charge in [-0.1, -0.05) is 6.07 Å². The van der Waals surface area contributed by atoms with Crippen molar-refractivity contribution in [3.63, 3.8) is 0 Å². The van der Waals surface area contributed by atoms with Crippen molar-refractivity contribution in [3.05, 3.63) is 42.5 Å². The lowest BCUT2D eigenvalue weighted by Crippen LogP contribution is -2.08. The molecule has 2 N–H and O–H groups in total. The number of aromatic nitrogens is 2. The topological polar surface area (TPSA) is 50.1 Å². The second kappa shape index (κ2) is 4.70. The summed E-state index contributed by atoms with van der Waals surface area (Å²) in [4.78, 5) is 3.97. The monoisotopic (exact) mass is 217 g/mol. The number of aryl methyl sites for hydroxylation is 1. The molecule has 84 valence electrons. The van der Waals surface area contributed by atoms with E-state index in [0.717, 1.165) is 24.3 Å². The van der Waals surface area contributed by atoms with E-state index in [-0.39, 0.29) is 0 Å². The lowest BCUT2D eigenvalue weighted by Gasteiger charge is -2.08. The molecule has 0 bridgehead atoms. The predicted molar refractivity (Wildman–Crippen MR) is 63.6 cm³/mol. The van der Waals surface area contributed by atoms with Crippen LogP contribution in [-0.2, 0) is 6.54 Å². The van der Waals surface area contributed by atoms with Crippen LogP contribution in [0.3, 0.4) is 0 Å². The molecule has 0 aliphatic carbocycles. The Morgan fingerprint density at radius 2 is 2.31 bits per heavy atom. The lowest BCUT2D eigenvalue weighted by molar-refractivity contribution is 0.471. The molecular formula is C12H15N3O. The summed E-state index contributed by atoms with van der Waals surface area (Å²) in [6.45, 7) is 3.54. The molecule has 0 fully saturated rings. The minimum Gasteiger partial charge on any atom is -0.508 e. The summed E-state index contributed by atoms with van der Waals surface area (Å²) in [6.07, 6.45) is 5.47. The molecule has 0 saturated carbocycles. The van der Waals surface area contributed by atoms with Crippen LogP contribution in [0.4, 0.5) is 5.69 Å². The van der Waals surface area contributed by atoms with Crippen molar-refractivity contribution >= 4 is 5.69 Å². The Morgan fingerprint density at radius 1 is 1.44 bits per heavy atom. The second-order valence-electron chi connectivity index (χ2n) is 3.73. The molecule has 0 radical (unpaired) electrons. The van der Waals surface area contributed by atoms with Gasteiger partial charge in [0, 0.05) is 37.2 Å². The van der Waals surface area contributed by atoms with Gasteiger partial charge >= 0.3 is 0 Å². The van der Waals surface area contributed by atoms with Crippen LogP contribution in [-0.4, -0.2) is 21.2 Å². The number of imidazole rings is 1. The molecule has 1 aromatic heterocycles. The molecule has 1 heterocycles. The summed E-state index contributed by atoms with van der Waals surface area (Å²) in [7, 11) is 0. The van der Waals surface area contributed by atoms with Gasteiger partial charge in [0.1, 0.15) is 5.75 Å². The van der Waals surface area contributed by atoms with E-state index in [4.69, 9.17) is 0 Å². The Kier molecular flexibility index (Phi) is 3.10. The Balaban J connectivity index is 1.87. The molecule has 0 aliphatic rings. The molecule has 0 unspecified atom stereocenters. The highest BCUT2D eigenvalue weighted by Gasteiger charge is 1.97. The minimum atomic E-state index is 0.327. The standard InChI is InChI=1S/C12H15N3O/c1-10-2-3-11(8-12(10)16)14-5-7-15-6-4-13-9-15/h2-4,6,8-9,14,16H,5,7H2,1H3. The Hall–Kier alpha value is -1.97. The maximum atomic E-state index is 9.53. The number of rotatable bonds is 4. The molecule has 2 rings (SSSR count). The van der Waals surface area contributed by atoms with E-state index < -0.39 is 0 Å². The Morgan fingerprint density at radius 3 is 3.00 bits per heavy atom. The van der Waals surface area contributed by atoms with Crippen molar-refractivity contribution in [2.24, 2.45) is 0 Å². The zero-order chi connectivity index (χ0) is 11.4. The molecule has 2 aromatic rings. The zero-order valence-electron chi connectivity index (χ0n) is 9.22. The quantitative estimate of drug-likeness (QED) is 0.823. The van der Waals surface area contributed by atoms with E-state index in [2.05, 4.69) is 10.3 Å². The third-order valence-electron chi connectivity index (χ3n) is 2.47. The fraction of sp³-hybridized carbons (Fsp3) is 0.250. The van der Waals surface area contributed by atoms with Gasteiger partial charge in [-0.3, -0.25) is 0 Å². The average molecular weight is 217 g/mol. The van der Waals surface area contributed by atoms with Crippen LogP contribution in [0.1, 0.15) is 5.56 Å². The van der Waals surface area contributed by atoms with E-state index in [1.807, 2.05) is 29.8 Å². The van der Waals surface area contributed by atoms with Gasteiger partial charge in [-0.2, -0.15) is 0 Å². The summed E-state index contributed by atoms with van der Waals surface area (Å²) in [5.74, 6) is 0.327. The number of benzene rings is 1. The maximum Gasteiger partial charge on any atom is 0.120 e. The second-order valence-corrected chi connectivity index (χ2v) is 3.73. The Labute approximate surface area is 94.6 Å². The maximum absolute atomic E-state index is 9.53. The van der Waals surface area contributed by atoms with Gasteiger partial charge in [-0.25, -0.2) is 4.98 Å². The summed E-state index contributed by atoms with van der Waals surface area (Å²) in [5.41, 5.74) is 1.82. The summed E-state index contributed by atoms with van der Waals surface area (Å²) >= 11 is 0. The number of hydrogen-bond donors (Lipinski definition) is 2. The highest BCUT2D eigenvalue weighted by atomic mass is 16.3. The molecule has 0 aliphatic heterocycles. The smallest absolute Gasteiger partial charge is 0.120 e. The van der Waals surface area contributed by atoms with E-state index in [0.29, 0.717) is 5.75 Å². The highest BCUT2D eigenvalue weighted by molar-refractivity contribution is 5.50. The van der Waals surface area contributed by atoms with Crippen LogP contribution >= 0.6 is 0 Å². The first-order valence-corrected chi connectivity index (χ1v) is 5.25. The van der Waals surface area contributed by atoms with E-state index in [9.17, 15) is 5.11 Å². The normalized spacial score (nSPS) is 10.3. The van der Waals surface area contributed by atoms with Gasteiger partial charge in [-0.05, 0) is 18.6 Å². The zero-order valence-corrected chi connectivity index (χ0v) is 9.22. The third-order valence-corrected chi connectivity index (χ3v) is 2.47. The van der Waals surface area contributed by atoms with Crippen LogP contribution in [0.5, 0.6) is 5.75 Å². The largest absolute Gasteiger partial charge is 0.508 e. The summed E-state index contributed by atoms with van der Waals surface area (Å²) in [6, 6.07) is 5.60. The first-order chi connectivity index (χ1) is 7.75. The number of phenols is 1. The molecule has 0 spiro atoms. The van der Waals surface area contributed by atoms with Crippen LogP contribution in [0.15, 0.2) is 36.9 Å². The fourth-order valence-electron chi connectivity index (χ4n) is 1.47. The minimum absolute atomic E-state index is 0.327. The molecular weight excluding hydrogens is 202 g/mol. The van der Waals surface area contributed by atoms with Crippen molar-refractivity contribution < 1.29 is 5.11 Å². The van der Waals surface area contributed by atoms with Crippen LogP contribution in [0.2, 0.25) is 0 Å². The number of phenolic OH excluding ortho intramolecular Hbond substituents is 1. The van der Waals surface area contributed by atoms with Crippen molar-refractivity contribution in [2.75, 3.05) is 11.9 Å². The summed E-state index contributed by atoms with van der Waals surface area (Å²) < 4.78 is 2.00. The van der Waals surface area contributed by atoms with Gasteiger partial charge in [0.05, 0.1) is 6.33 Å². The average Bonchev–Trinajstić information content (AvgIpc) is 2.76. The molecule has 0 amide bonds. The SMILES string of the molecule is Cc1ccc(NCCn2ccnc2)cc1O. The molecule has 1 aromatic carbocycles. The van der Waals surface area contributed by atoms with Crippen molar-refractivity contribution in [3.8, 4) is 5.75 Å². The van der Waals surface area contributed by atoms with Gasteiger partial charge in [-0.15, -0.1) is 0 Å². The van der Waals surface area contributed by atoms with Crippen LogP contribution in [0, 0.1) is 6.92 Å². The number of nitrogens with zero attached hydrogens (tertiary/aromatic N) is 2. The van der Waals surface area contributed by atoms with E-state index in [1.54, 1.807) is 18.6 Å². The Bertz CT molecular complexity index is 451. The van der Waals surface area contributed by atoms with Crippen LogP contribution in [0.25, 0.3) is 0 Å². The van der Waals surface area contributed by atoms with Gasteiger partial charge in [0.2, 0.25) is 0 Å². The van der Waals surface area contributed by atoms with Crippen LogP contribution < -0.4 is 5.32 Å². The number of nitrogens with one attached hydrogen (secondary N) is 1. The molecule has 0 atom stereocenters. The van der Waals surface area contributed by atoms with Gasteiger partial charge in [0.15, 0.2) is 0 Å². The third kappa shape index (κ3) is 2.53. The predicted octanol–water partition coefficient (Wildman–Crippen LogP) is 2.01. The molecule has 4 nitrogen and oxygen atoms in total.